The average Bonchev–Trinajstić information content (AvgIpc) is 3.33. The molecule has 0 bridgehead atoms. The molecule has 24 heavy (non-hydrogen) atoms. The number of benzene rings is 2. The summed E-state index contributed by atoms with van der Waals surface area (Å²) in [6.45, 7) is 5.51. The van der Waals surface area contributed by atoms with Crippen LogP contribution < -0.4 is 0 Å². The van der Waals surface area contributed by atoms with Gasteiger partial charge in [-0.15, -0.1) is 0 Å². The molecular formula is C21H27NO2. The SMILES string of the molecule is CCCCCCN1[C@H](C(=O)OCC)[C@H]1c1ccc2ccccc2c1. The van der Waals surface area contributed by atoms with E-state index in [-0.39, 0.29) is 18.1 Å². The quantitative estimate of drug-likeness (QED) is 0.400. The normalized spacial score (nSPS) is 22.5. The molecule has 3 heteroatoms. The van der Waals surface area contributed by atoms with E-state index in [2.05, 4.69) is 54.3 Å². The molecule has 1 fully saturated rings. The molecule has 1 unspecified atom stereocenters. The summed E-state index contributed by atoms with van der Waals surface area (Å²) in [5.74, 6) is -0.0776. The molecule has 1 heterocycles. The zero-order chi connectivity index (χ0) is 16.9. The maximum atomic E-state index is 12.3. The van der Waals surface area contributed by atoms with Crippen LogP contribution in [-0.2, 0) is 9.53 Å². The summed E-state index contributed by atoms with van der Waals surface area (Å²) in [6.07, 6.45) is 4.87. The zero-order valence-corrected chi connectivity index (χ0v) is 14.7. The topological polar surface area (TPSA) is 29.3 Å². The van der Waals surface area contributed by atoms with Gasteiger partial charge in [-0.05, 0) is 42.3 Å². The molecule has 1 aliphatic heterocycles. The van der Waals surface area contributed by atoms with Gasteiger partial charge in [-0.2, -0.15) is 0 Å². The molecule has 3 atom stereocenters. The number of esters is 1. The standard InChI is InChI=1S/C21H27NO2/c1-3-5-6-9-14-22-19(20(22)21(23)24-4-2)18-13-12-16-10-7-8-11-17(16)15-18/h7-8,10-13,15,19-20H,3-6,9,14H2,1-2H3/t19-,20+,22?/m1/s1. The second-order valence-electron chi connectivity index (χ2n) is 6.55. The lowest BCUT2D eigenvalue weighted by Gasteiger charge is -2.05. The summed E-state index contributed by atoms with van der Waals surface area (Å²) in [4.78, 5) is 14.6. The number of ether oxygens (including phenoxy) is 1. The van der Waals surface area contributed by atoms with Crippen molar-refractivity contribution in [1.29, 1.82) is 0 Å². The Hall–Kier alpha value is -1.87. The fourth-order valence-electron chi connectivity index (χ4n) is 3.53. The van der Waals surface area contributed by atoms with Crippen molar-refractivity contribution in [2.24, 2.45) is 0 Å². The highest BCUT2D eigenvalue weighted by atomic mass is 16.5. The maximum absolute atomic E-state index is 12.3. The van der Waals surface area contributed by atoms with E-state index in [1.54, 1.807) is 0 Å². The minimum atomic E-state index is -0.104. The lowest BCUT2D eigenvalue weighted by atomic mass is 10.0. The second-order valence-corrected chi connectivity index (χ2v) is 6.55. The monoisotopic (exact) mass is 325 g/mol. The van der Waals surface area contributed by atoms with Crippen LogP contribution in [0.1, 0.15) is 51.1 Å². The number of fused-ring (bicyclic) bond motifs is 1. The van der Waals surface area contributed by atoms with E-state index >= 15 is 0 Å². The van der Waals surface area contributed by atoms with Crippen LogP contribution in [0.4, 0.5) is 0 Å². The molecule has 1 aliphatic rings. The number of carbonyl (C=O) groups excluding carboxylic acids is 1. The Bertz CT molecular complexity index is 697. The van der Waals surface area contributed by atoms with E-state index in [1.165, 1.54) is 35.6 Å². The highest BCUT2D eigenvalue weighted by molar-refractivity contribution is 5.85. The average molecular weight is 325 g/mol. The molecule has 0 amide bonds. The maximum Gasteiger partial charge on any atom is 0.325 e. The number of hydrogen-bond acceptors (Lipinski definition) is 3. The van der Waals surface area contributed by atoms with E-state index in [1.807, 2.05) is 6.92 Å². The van der Waals surface area contributed by atoms with Crippen LogP contribution in [0, 0.1) is 0 Å². The molecule has 0 aromatic heterocycles. The van der Waals surface area contributed by atoms with Crippen LogP contribution in [0.2, 0.25) is 0 Å². The van der Waals surface area contributed by atoms with Crippen molar-refractivity contribution in [3.63, 3.8) is 0 Å². The zero-order valence-electron chi connectivity index (χ0n) is 14.7. The molecule has 0 aliphatic carbocycles. The Morgan fingerprint density at radius 1 is 1.04 bits per heavy atom. The number of nitrogens with zero attached hydrogens (tertiary/aromatic N) is 1. The summed E-state index contributed by atoms with van der Waals surface area (Å²) in [7, 11) is 0. The van der Waals surface area contributed by atoms with Gasteiger partial charge in [0.15, 0.2) is 0 Å². The van der Waals surface area contributed by atoms with E-state index < -0.39 is 0 Å². The van der Waals surface area contributed by atoms with Gasteiger partial charge in [-0.3, -0.25) is 9.69 Å². The summed E-state index contributed by atoms with van der Waals surface area (Å²) in [6, 6.07) is 15.0. The Morgan fingerprint density at radius 2 is 1.83 bits per heavy atom. The second kappa shape index (κ2) is 7.80. The molecule has 1 saturated heterocycles. The smallest absolute Gasteiger partial charge is 0.325 e. The fourth-order valence-corrected chi connectivity index (χ4v) is 3.53. The van der Waals surface area contributed by atoms with Crippen LogP contribution >= 0.6 is 0 Å². The van der Waals surface area contributed by atoms with Crippen LogP contribution in [0.15, 0.2) is 42.5 Å². The fraction of sp³-hybridized carbons (Fsp3) is 0.476. The molecule has 0 saturated carbocycles. The highest BCUT2D eigenvalue weighted by Gasteiger charge is 2.53. The van der Waals surface area contributed by atoms with E-state index in [9.17, 15) is 4.79 Å². The molecule has 128 valence electrons. The van der Waals surface area contributed by atoms with Crippen molar-refractivity contribution < 1.29 is 9.53 Å². The number of hydrogen-bond donors (Lipinski definition) is 0. The number of carbonyl (C=O) groups is 1. The molecular weight excluding hydrogens is 298 g/mol. The summed E-state index contributed by atoms with van der Waals surface area (Å²) >= 11 is 0. The third-order valence-electron chi connectivity index (χ3n) is 4.84. The van der Waals surface area contributed by atoms with Crippen LogP contribution in [0.3, 0.4) is 0 Å². The number of unbranched alkanes of at least 4 members (excludes halogenated alkanes) is 3. The van der Waals surface area contributed by atoms with Gasteiger partial charge in [-0.25, -0.2) is 0 Å². The molecule has 0 radical (unpaired) electrons. The van der Waals surface area contributed by atoms with Crippen molar-refractivity contribution in [1.82, 2.24) is 4.90 Å². The molecule has 2 aromatic carbocycles. The van der Waals surface area contributed by atoms with Crippen molar-refractivity contribution in [2.75, 3.05) is 13.2 Å². The Labute approximate surface area is 144 Å². The van der Waals surface area contributed by atoms with Crippen molar-refractivity contribution in [3.8, 4) is 0 Å². The van der Waals surface area contributed by atoms with Gasteiger partial charge >= 0.3 is 5.97 Å². The third-order valence-corrected chi connectivity index (χ3v) is 4.84. The van der Waals surface area contributed by atoms with Crippen molar-refractivity contribution >= 4 is 16.7 Å². The summed E-state index contributed by atoms with van der Waals surface area (Å²) < 4.78 is 5.28. The molecule has 2 aromatic rings. The van der Waals surface area contributed by atoms with Gasteiger partial charge in [0.2, 0.25) is 0 Å². The molecule has 0 N–H and O–H groups in total. The largest absolute Gasteiger partial charge is 0.465 e. The predicted octanol–water partition coefficient (Wildman–Crippen LogP) is 4.71. The lowest BCUT2D eigenvalue weighted by Crippen LogP contribution is -2.16. The first-order chi connectivity index (χ1) is 11.8. The van der Waals surface area contributed by atoms with E-state index in [0.29, 0.717) is 6.61 Å². The van der Waals surface area contributed by atoms with E-state index in [0.717, 1.165) is 13.0 Å². The first kappa shape index (κ1) is 17.0. The Kier molecular flexibility index (Phi) is 5.52. The van der Waals surface area contributed by atoms with Gasteiger partial charge in [-0.1, -0.05) is 62.6 Å². The van der Waals surface area contributed by atoms with Crippen molar-refractivity contribution in [3.05, 3.63) is 48.0 Å². The summed E-state index contributed by atoms with van der Waals surface area (Å²) in [5.41, 5.74) is 1.22. The molecule has 0 spiro atoms. The van der Waals surface area contributed by atoms with Crippen molar-refractivity contribution in [2.45, 2.75) is 51.6 Å². The van der Waals surface area contributed by atoms with Gasteiger partial charge in [0.25, 0.3) is 0 Å². The predicted molar refractivity (Wildman–Crippen MR) is 98.0 cm³/mol. The van der Waals surface area contributed by atoms with Gasteiger partial charge in [0.05, 0.1) is 12.6 Å². The van der Waals surface area contributed by atoms with E-state index in [4.69, 9.17) is 4.74 Å². The Balaban J connectivity index is 1.75. The van der Waals surface area contributed by atoms with Crippen LogP contribution in [-0.4, -0.2) is 30.1 Å². The van der Waals surface area contributed by atoms with Gasteiger partial charge < -0.3 is 4.74 Å². The molecule has 3 rings (SSSR count). The minimum absolute atomic E-state index is 0.0776. The molecule has 3 nitrogen and oxygen atoms in total. The first-order valence-corrected chi connectivity index (χ1v) is 9.17. The number of rotatable bonds is 8. The van der Waals surface area contributed by atoms with Gasteiger partial charge in [0, 0.05) is 0 Å². The third kappa shape index (κ3) is 3.62. The summed E-state index contributed by atoms with van der Waals surface area (Å²) in [5, 5.41) is 2.47. The van der Waals surface area contributed by atoms with Crippen LogP contribution in [0.5, 0.6) is 0 Å². The Morgan fingerprint density at radius 3 is 2.58 bits per heavy atom. The first-order valence-electron chi connectivity index (χ1n) is 9.17. The minimum Gasteiger partial charge on any atom is -0.465 e. The highest BCUT2D eigenvalue weighted by Crippen LogP contribution is 2.44. The van der Waals surface area contributed by atoms with Crippen LogP contribution in [0.25, 0.3) is 10.8 Å². The lowest BCUT2D eigenvalue weighted by molar-refractivity contribution is -0.143. The van der Waals surface area contributed by atoms with Gasteiger partial charge in [0.1, 0.15) is 6.04 Å².